The fraction of sp³-hybridized carbons (Fsp3) is 0.188. The van der Waals surface area contributed by atoms with Crippen LogP contribution in [0.3, 0.4) is 0 Å². The Kier molecular flexibility index (Phi) is 4.33. The maximum absolute atomic E-state index is 11.3. The Hall–Kier alpha value is -1.25. The third-order valence-corrected chi connectivity index (χ3v) is 4.35. The average Bonchev–Trinajstić information content (AvgIpc) is 2.33. The first-order chi connectivity index (χ1) is 8.97. The number of aryl methyl sites for hydroxylation is 2. The number of Topliss-reactive ketones (excluding diaryl/α,β-unsaturated/α-hetero) is 1. The van der Waals surface area contributed by atoms with Gasteiger partial charge in [-0.3, -0.25) is 4.79 Å². The number of rotatable bonds is 3. The first kappa shape index (κ1) is 14.2. The predicted molar refractivity (Wildman–Crippen MR) is 81.5 cm³/mol. The third kappa shape index (κ3) is 3.40. The Bertz CT molecular complexity index is 635. The van der Waals surface area contributed by atoms with E-state index >= 15 is 0 Å². The van der Waals surface area contributed by atoms with Crippen molar-refractivity contribution in [2.24, 2.45) is 0 Å². The summed E-state index contributed by atoms with van der Waals surface area (Å²) in [4.78, 5) is 13.6. The van der Waals surface area contributed by atoms with Crippen LogP contribution < -0.4 is 0 Å². The Morgan fingerprint density at radius 2 is 1.84 bits per heavy atom. The smallest absolute Gasteiger partial charge is 0.161 e. The molecule has 98 valence electrons. The normalized spacial score (nSPS) is 10.5. The molecule has 0 radical (unpaired) electrons. The third-order valence-electron chi connectivity index (χ3n) is 2.89. The van der Waals surface area contributed by atoms with Crippen LogP contribution in [0.4, 0.5) is 0 Å². The number of halogens is 1. The van der Waals surface area contributed by atoms with Gasteiger partial charge in [-0.15, -0.1) is 0 Å². The van der Waals surface area contributed by atoms with Gasteiger partial charge >= 0.3 is 0 Å². The molecule has 0 aromatic heterocycles. The molecular weight excluding hydrogens is 276 g/mol. The zero-order valence-corrected chi connectivity index (χ0v) is 12.7. The molecule has 19 heavy (non-hydrogen) atoms. The molecular formula is C16H15ClOS. The van der Waals surface area contributed by atoms with E-state index in [0.717, 1.165) is 4.90 Å². The lowest BCUT2D eigenvalue weighted by molar-refractivity contribution is 0.101. The van der Waals surface area contributed by atoms with E-state index in [9.17, 15) is 4.79 Å². The molecule has 0 heterocycles. The molecule has 0 N–H and O–H groups in total. The second kappa shape index (κ2) is 5.81. The van der Waals surface area contributed by atoms with Gasteiger partial charge in [-0.1, -0.05) is 35.5 Å². The Labute approximate surface area is 123 Å². The van der Waals surface area contributed by atoms with Crippen molar-refractivity contribution in [3.05, 3.63) is 58.1 Å². The fourth-order valence-electron chi connectivity index (χ4n) is 1.79. The highest BCUT2D eigenvalue weighted by molar-refractivity contribution is 7.99. The van der Waals surface area contributed by atoms with Crippen molar-refractivity contribution in [3.63, 3.8) is 0 Å². The van der Waals surface area contributed by atoms with Crippen LogP contribution in [0.25, 0.3) is 0 Å². The molecule has 0 aliphatic heterocycles. The van der Waals surface area contributed by atoms with Crippen molar-refractivity contribution in [3.8, 4) is 0 Å². The molecule has 0 fully saturated rings. The molecule has 0 aliphatic carbocycles. The average molecular weight is 291 g/mol. The van der Waals surface area contributed by atoms with Crippen molar-refractivity contribution < 1.29 is 4.79 Å². The highest BCUT2D eigenvalue weighted by Gasteiger charge is 2.08. The Balaban J connectivity index is 2.31. The molecule has 0 saturated heterocycles. The van der Waals surface area contributed by atoms with Gasteiger partial charge in [0.25, 0.3) is 0 Å². The van der Waals surface area contributed by atoms with Gasteiger partial charge in [0.2, 0.25) is 0 Å². The molecule has 0 amide bonds. The Morgan fingerprint density at radius 1 is 1.11 bits per heavy atom. The van der Waals surface area contributed by atoms with Crippen LogP contribution in [0, 0.1) is 13.8 Å². The summed E-state index contributed by atoms with van der Waals surface area (Å²) >= 11 is 7.79. The summed E-state index contributed by atoms with van der Waals surface area (Å²) in [5.41, 5.74) is 3.05. The van der Waals surface area contributed by atoms with Crippen LogP contribution in [-0.2, 0) is 0 Å². The maximum Gasteiger partial charge on any atom is 0.161 e. The van der Waals surface area contributed by atoms with Crippen LogP contribution in [0.5, 0.6) is 0 Å². The van der Waals surface area contributed by atoms with Crippen LogP contribution in [-0.4, -0.2) is 5.78 Å². The summed E-state index contributed by atoms with van der Waals surface area (Å²) < 4.78 is 0. The SMILES string of the molecule is CC(=O)c1ccc(Sc2cc(C)ccc2C)cc1Cl. The summed E-state index contributed by atoms with van der Waals surface area (Å²) in [7, 11) is 0. The van der Waals surface area contributed by atoms with Crippen molar-refractivity contribution in [2.45, 2.75) is 30.6 Å². The number of hydrogen-bond donors (Lipinski definition) is 0. The van der Waals surface area contributed by atoms with Gasteiger partial charge in [0.05, 0.1) is 5.02 Å². The molecule has 0 bridgehead atoms. The molecule has 2 aromatic rings. The largest absolute Gasteiger partial charge is 0.294 e. The number of benzene rings is 2. The van der Waals surface area contributed by atoms with E-state index in [2.05, 4.69) is 32.0 Å². The number of ketones is 1. The van der Waals surface area contributed by atoms with Gasteiger partial charge in [0, 0.05) is 15.4 Å². The number of carbonyl (C=O) groups is 1. The van der Waals surface area contributed by atoms with E-state index < -0.39 is 0 Å². The lowest BCUT2D eigenvalue weighted by atomic mass is 10.1. The zero-order valence-electron chi connectivity index (χ0n) is 11.2. The second-order valence-corrected chi connectivity index (χ2v) is 6.09. The van der Waals surface area contributed by atoms with Crippen LogP contribution >= 0.6 is 23.4 Å². The van der Waals surface area contributed by atoms with Gasteiger partial charge in [0.1, 0.15) is 0 Å². The van der Waals surface area contributed by atoms with E-state index in [1.165, 1.54) is 22.9 Å². The second-order valence-electron chi connectivity index (χ2n) is 4.57. The minimum Gasteiger partial charge on any atom is -0.294 e. The van der Waals surface area contributed by atoms with Crippen molar-refractivity contribution in [1.82, 2.24) is 0 Å². The summed E-state index contributed by atoms with van der Waals surface area (Å²) in [6.45, 7) is 5.70. The number of carbonyl (C=O) groups excluding carboxylic acids is 1. The highest BCUT2D eigenvalue weighted by atomic mass is 35.5. The van der Waals surface area contributed by atoms with Gasteiger partial charge in [-0.05, 0) is 56.2 Å². The van der Waals surface area contributed by atoms with Crippen LogP contribution in [0.1, 0.15) is 28.4 Å². The molecule has 0 saturated carbocycles. The predicted octanol–water partition coefficient (Wildman–Crippen LogP) is 5.31. The van der Waals surface area contributed by atoms with E-state index in [0.29, 0.717) is 10.6 Å². The first-order valence-corrected chi connectivity index (χ1v) is 7.22. The lowest BCUT2D eigenvalue weighted by Gasteiger charge is -2.08. The van der Waals surface area contributed by atoms with Crippen molar-refractivity contribution in [2.75, 3.05) is 0 Å². The molecule has 2 aromatic carbocycles. The van der Waals surface area contributed by atoms with Crippen molar-refractivity contribution in [1.29, 1.82) is 0 Å². The molecule has 0 spiro atoms. The van der Waals surface area contributed by atoms with E-state index in [4.69, 9.17) is 11.6 Å². The summed E-state index contributed by atoms with van der Waals surface area (Å²) in [5.74, 6) is -0.00622. The Morgan fingerprint density at radius 3 is 2.47 bits per heavy atom. The quantitative estimate of drug-likeness (QED) is 0.713. The summed E-state index contributed by atoms with van der Waals surface area (Å²) in [5, 5.41) is 0.516. The monoisotopic (exact) mass is 290 g/mol. The topological polar surface area (TPSA) is 17.1 Å². The molecule has 3 heteroatoms. The molecule has 1 nitrogen and oxygen atoms in total. The van der Waals surface area contributed by atoms with Gasteiger partial charge in [-0.2, -0.15) is 0 Å². The minimum absolute atomic E-state index is 0.00622. The zero-order chi connectivity index (χ0) is 14.0. The molecule has 0 atom stereocenters. The molecule has 2 rings (SSSR count). The maximum atomic E-state index is 11.3. The fourth-order valence-corrected chi connectivity index (χ4v) is 3.21. The number of hydrogen-bond acceptors (Lipinski definition) is 2. The van der Waals surface area contributed by atoms with Crippen molar-refractivity contribution >= 4 is 29.1 Å². The van der Waals surface area contributed by atoms with Gasteiger partial charge in [-0.25, -0.2) is 0 Å². The van der Waals surface area contributed by atoms with Crippen LogP contribution in [0.2, 0.25) is 5.02 Å². The van der Waals surface area contributed by atoms with Gasteiger partial charge in [0.15, 0.2) is 5.78 Å². The van der Waals surface area contributed by atoms with Crippen LogP contribution in [0.15, 0.2) is 46.2 Å². The van der Waals surface area contributed by atoms with Gasteiger partial charge < -0.3 is 0 Å². The molecule has 0 unspecified atom stereocenters. The van der Waals surface area contributed by atoms with E-state index in [-0.39, 0.29) is 5.78 Å². The van der Waals surface area contributed by atoms with E-state index in [1.807, 2.05) is 12.1 Å². The summed E-state index contributed by atoms with van der Waals surface area (Å²) in [6.07, 6.45) is 0. The highest BCUT2D eigenvalue weighted by Crippen LogP contribution is 2.33. The molecule has 0 aliphatic rings. The lowest BCUT2D eigenvalue weighted by Crippen LogP contribution is -1.93. The summed E-state index contributed by atoms with van der Waals surface area (Å²) in [6, 6.07) is 12.0. The first-order valence-electron chi connectivity index (χ1n) is 6.03. The minimum atomic E-state index is -0.00622. The van der Waals surface area contributed by atoms with E-state index in [1.54, 1.807) is 17.8 Å². The standard InChI is InChI=1S/C16H15ClOS/c1-10-4-5-11(2)16(8-10)19-13-6-7-14(12(3)18)15(17)9-13/h4-9H,1-3H3.